The summed E-state index contributed by atoms with van der Waals surface area (Å²) in [6.45, 7) is 6.81. The van der Waals surface area contributed by atoms with E-state index in [-0.39, 0.29) is 5.54 Å². The molecule has 4 atom stereocenters. The van der Waals surface area contributed by atoms with Gasteiger partial charge in [-0.1, -0.05) is 13.3 Å². The Hall–Kier alpha value is -0.160. The van der Waals surface area contributed by atoms with Crippen LogP contribution in [0.1, 0.15) is 45.4 Å². The van der Waals surface area contributed by atoms with Gasteiger partial charge in [0.1, 0.15) is 0 Å². The van der Waals surface area contributed by atoms with Gasteiger partial charge < -0.3 is 15.2 Å². The van der Waals surface area contributed by atoms with E-state index in [4.69, 9.17) is 4.74 Å². The molecule has 3 fully saturated rings. The lowest BCUT2D eigenvalue weighted by atomic mass is 9.85. The Labute approximate surface area is 122 Å². The SMILES string of the molecule is CCNC1(CO)CCCC1CCN1CC2CCC(C1)O2. The Balaban J connectivity index is 1.52. The van der Waals surface area contributed by atoms with Crippen LogP contribution in [0.4, 0.5) is 0 Å². The third-order valence-corrected chi connectivity index (χ3v) is 5.68. The van der Waals surface area contributed by atoms with Crippen LogP contribution in [0.3, 0.4) is 0 Å². The molecule has 0 amide bonds. The molecular formula is C16H30N2O2. The summed E-state index contributed by atoms with van der Waals surface area (Å²) >= 11 is 0. The predicted octanol–water partition coefficient (Wildman–Crippen LogP) is 1.38. The lowest BCUT2D eigenvalue weighted by molar-refractivity contribution is -0.0407. The Bertz CT molecular complexity index is 314. The average Bonchev–Trinajstić information content (AvgIpc) is 3.01. The molecule has 4 unspecified atom stereocenters. The minimum atomic E-state index is 0.0000188. The zero-order valence-electron chi connectivity index (χ0n) is 12.8. The first-order valence-corrected chi connectivity index (χ1v) is 8.49. The van der Waals surface area contributed by atoms with Crippen LogP contribution in [-0.2, 0) is 4.74 Å². The fourth-order valence-corrected chi connectivity index (χ4v) is 4.63. The molecule has 4 heteroatoms. The molecule has 116 valence electrons. The largest absolute Gasteiger partial charge is 0.394 e. The van der Waals surface area contributed by atoms with Crippen LogP contribution in [0, 0.1) is 5.92 Å². The second-order valence-corrected chi connectivity index (χ2v) is 6.94. The Morgan fingerprint density at radius 2 is 2.00 bits per heavy atom. The highest BCUT2D eigenvalue weighted by Gasteiger charge is 2.42. The number of nitrogens with one attached hydrogen (secondary N) is 1. The summed E-state index contributed by atoms with van der Waals surface area (Å²) in [6, 6.07) is 0. The van der Waals surface area contributed by atoms with Crippen molar-refractivity contribution in [3.8, 4) is 0 Å². The molecule has 0 spiro atoms. The van der Waals surface area contributed by atoms with Crippen molar-refractivity contribution in [2.24, 2.45) is 5.92 Å². The first-order chi connectivity index (χ1) is 9.75. The molecule has 0 radical (unpaired) electrons. The fourth-order valence-electron chi connectivity index (χ4n) is 4.63. The number of ether oxygens (including phenoxy) is 1. The molecule has 1 saturated carbocycles. The van der Waals surface area contributed by atoms with Gasteiger partial charge in [0.2, 0.25) is 0 Å². The monoisotopic (exact) mass is 282 g/mol. The van der Waals surface area contributed by atoms with Crippen LogP contribution in [-0.4, -0.2) is 60.5 Å². The van der Waals surface area contributed by atoms with Crippen LogP contribution in [0.2, 0.25) is 0 Å². The Kier molecular flexibility index (Phi) is 4.65. The van der Waals surface area contributed by atoms with E-state index in [0.29, 0.717) is 24.7 Å². The first kappa shape index (κ1) is 14.8. The average molecular weight is 282 g/mol. The third-order valence-electron chi connectivity index (χ3n) is 5.68. The molecule has 2 bridgehead atoms. The normalized spacial score (nSPS) is 41.4. The van der Waals surface area contributed by atoms with Crippen LogP contribution in [0.15, 0.2) is 0 Å². The molecule has 2 N–H and O–H groups in total. The highest BCUT2D eigenvalue weighted by atomic mass is 16.5. The van der Waals surface area contributed by atoms with Gasteiger partial charge in [0.05, 0.1) is 18.8 Å². The van der Waals surface area contributed by atoms with E-state index in [9.17, 15) is 5.11 Å². The van der Waals surface area contributed by atoms with Gasteiger partial charge in [0.15, 0.2) is 0 Å². The van der Waals surface area contributed by atoms with Crippen molar-refractivity contribution in [3.05, 3.63) is 0 Å². The van der Waals surface area contributed by atoms with Gasteiger partial charge in [-0.05, 0) is 51.1 Å². The summed E-state index contributed by atoms with van der Waals surface area (Å²) in [6.07, 6.45) is 8.37. The summed E-state index contributed by atoms with van der Waals surface area (Å²) in [5.41, 5.74) is 0.0000188. The van der Waals surface area contributed by atoms with Gasteiger partial charge >= 0.3 is 0 Å². The number of rotatable bonds is 6. The number of likely N-dealkylation sites (tertiary alicyclic amines) is 1. The zero-order chi connectivity index (χ0) is 14.0. The lowest BCUT2D eigenvalue weighted by Gasteiger charge is -2.37. The number of morpholine rings is 1. The molecule has 0 aromatic carbocycles. The maximum Gasteiger partial charge on any atom is 0.0707 e. The molecule has 20 heavy (non-hydrogen) atoms. The standard InChI is InChI=1S/C16H30N2O2/c1-2-17-16(12-19)8-3-4-13(16)7-9-18-10-14-5-6-15(11-18)20-14/h13-15,17,19H,2-12H2,1H3. The van der Waals surface area contributed by atoms with Gasteiger partial charge in [-0.2, -0.15) is 0 Å². The maximum absolute atomic E-state index is 9.85. The Morgan fingerprint density at radius 3 is 2.65 bits per heavy atom. The summed E-state index contributed by atoms with van der Waals surface area (Å²) in [7, 11) is 0. The molecule has 0 aromatic rings. The van der Waals surface area contributed by atoms with Crippen molar-refractivity contribution in [2.45, 2.75) is 63.2 Å². The third kappa shape index (κ3) is 2.89. The molecule has 0 aromatic heterocycles. The van der Waals surface area contributed by atoms with Gasteiger partial charge in [0, 0.05) is 18.6 Å². The van der Waals surface area contributed by atoms with Crippen LogP contribution >= 0.6 is 0 Å². The first-order valence-electron chi connectivity index (χ1n) is 8.49. The van der Waals surface area contributed by atoms with E-state index in [1.807, 2.05) is 0 Å². The van der Waals surface area contributed by atoms with Crippen LogP contribution < -0.4 is 5.32 Å². The number of aliphatic hydroxyl groups is 1. The molecular weight excluding hydrogens is 252 g/mol. The van der Waals surface area contributed by atoms with Gasteiger partial charge in [-0.3, -0.25) is 4.90 Å². The highest BCUT2D eigenvalue weighted by Crippen LogP contribution is 2.38. The molecule has 2 saturated heterocycles. The number of hydrogen-bond acceptors (Lipinski definition) is 4. The second-order valence-electron chi connectivity index (χ2n) is 6.94. The van der Waals surface area contributed by atoms with Crippen molar-refractivity contribution in [1.29, 1.82) is 0 Å². The lowest BCUT2D eigenvalue weighted by Crippen LogP contribution is -2.52. The fraction of sp³-hybridized carbons (Fsp3) is 1.00. The predicted molar refractivity (Wildman–Crippen MR) is 79.8 cm³/mol. The molecule has 2 aliphatic heterocycles. The number of nitrogens with zero attached hydrogens (tertiary/aromatic N) is 1. The highest BCUT2D eigenvalue weighted by molar-refractivity contribution is 4.99. The summed E-state index contributed by atoms with van der Waals surface area (Å²) in [5, 5.41) is 13.4. The van der Waals surface area contributed by atoms with E-state index in [0.717, 1.165) is 26.1 Å². The number of hydrogen-bond donors (Lipinski definition) is 2. The number of likely N-dealkylation sites (N-methyl/N-ethyl adjacent to an activating group) is 1. The Morgan fingerprint density at radius 1 is 1.25 bits per heavy atom. The molecule has 4 nitrogen and oxygen atoms in total. The summed E-state index contributed by atoms with van der Waals surface area (Å²) in [4.78, 5) is 2.60. The minimum absolute atomic E-state index is 0.0000188. The number of fused-ring (bicyclic) bond motifs is 2. The van der Waals surface area contributed by atoms with E-state index in [1.54, 1.807) is 0 Å². The zero-order valence-corrected chi connectivity index (χ0v) is 12.8. The van der Waals surface area contributed by atoms with Gasteiger partial charge in [-0.15, -0.1) is 0 Å². The van der Waals surface area contributed by atoms with E-state index in [1.165, 1.54) is 38.6 Å². The molecule has 3 aliphatic rings. The maximum atomic E-state index is 9.85. The van der Waals surface area contributed by atoms with Crippen LogP contribution in [0.5, 0.6) is 0 Å². The summed E-state index contributed by atoms with van der Waals surface area (Å²) in [5.74, 6) is 0.632. The van der Waals surface area contributed by atoms with Crippen molar-refractivity contribution < 1.29 is 9.84 Å². The van der Waals surface area contributed by atoms with Gasteiger partial charge in [-0.25, -0.2) is 0 Å². The quantitative estimate of drug-likeness (QED) is 0.772. The van der Waals surface area contributed by atoms with Crippen molar-refractivity contribution >= 4 is 0 Å². The summed E-state index contributed by atoms with van der Waals surface area (Å²) < 4.78 is 5.91. The van der Waals surface area contributed by atoms with Crippen molar-refractivity contribution in [2.75, 3.05) is 32.8 Å². The minimum Gasteiger partial charge on any atom is -0.394 e. The molecule has 1 aliphatic carbocycles. The smallest absolute Gasteiger partial charge is 0.0707 e. The van der Waals surface area contributed by atoms with E-state index in [2.05, 4.69) is 17.1 Å². The van der Waals surface area contributed by atoms with Crippen molar-refractivity contribution in [3.63, 3.8) is 0 Å². The van der Waals surface area contributed by atoms with Crippen LogP contribution in [0.25, 0.3) is 0 Å². The topological polar surface area (TPSA) is 44.7 Å². The van der Waals surface area contributed by atoms with Crippen molar-refractivity contribution in [1.82, 2.24) is 10.2 Å². The molecule has 2 heterocycles. The van der Waals surface area contributed by atoms with Gasteiger partial charge in [0.25, 0.3) is 0 Å². The van der Waals surface area contributed by atoms with E-state index < -0.39 is 0 Å². The van der Waals surface area contributed by atoms with E-state index >= 15 is 0 Å². The molecule has 3 rings (SSSR count). The second kappa shape index (κ2) is 6.30. The number of aliphatic hydroxyl groups excluding tert-OH is 1.